The molecule has 0 radical (unpaired) electrons. The zero-order valence-corrected chi connectivity index (χ0v) is 17.2. The summed E-state index contributed by atoms with van der Waals surface area (Å²) >= 11 is 0. The Morgan fingerprint density at radius 3 is 2.68 bits per heavy atom. The molecule has 0 aliphatic carbocycles. The highest BCUT2D eigenvalue weighted by Crippen LogP contribution is 2.23. The Hall–Kier alpha value is -1.96. The van der Waals surface area contributed by atoms with Gasteiger partial charge in [0.25, 0.3) is 0 Å². The van der Waals surface area contributed by atoms with Crippen molar-refractivity contribution < 1.29 is 18.8 Å². The van der Waals surface area contributed by atoms with Gasteiger partial charge in [-0.2, -0.15) is 4.98 Å². The van der Waals surface area contributed by atoms with Crippen molar-refractivity contribution in [2.45, 2.75) is 58.9 Å². The first kappa shape index (κ1) is 20.8. The summed E-state index contributed by atoms with van der Waals surface area (Å²) in [6, 6.07) is 0.0586. The average molecular weight is 393 g/mol. The summed E-state index contributed by atoms with van der Waals surface area (Å²) in [6.07, 6.45) is 3.74. The van der Waals surface area contributed by atoms with Gasteiger partial charge in [0, 0.05) is 58.5 Å². The van der Waals surface area contributed by atoms with Crippen LogP contribution < -0.4 is 0 Å². The molecule has 8 heteroatoms. The first-order valence-electron chi connectivity index (χ1n) is 10.4. The van der Waals surface area contributed by atoms with E-state index in [-0.39, 0.29) is 23.8 Å². The van der Waals surface area contributed by atoms with Gasteiger partial charge in [0.05, 0.1) is 6.04 Å². The van der Waals surface area contributed by atoms with Gasteiger partial charge >= 0.3 is 0 Å². The minimum absolute atomic E-state index is 0.0243. The van der Waals surface area contributed by atoms with Crippen LogP contribution in [0.1, 0.15) is 51.7 Å². The lowest BCUT2D eigenvalue weighted by Gasteiger charge is -2.29. The van der Waals surface area contributed by atoms with Gasteiger partial charge in [-0.1, -0.05) is 19.0 Å². The SMILES string of the molecule is CC(=O)N(CCc1noc(CC(C)C)n1)C1CCN(C(=O)C2CCOCC2)C1. The van der Waals surface area contributed by atoms with Crippen molar-refractivity contribution in [2.75, 3.05) is 32.8 Å². The molecule has 1 aromatic rings. The number of hydrogen-bond donors (Lipinski definition) is 0. The number of hydrogen-bond acceptors (Lipinski definition) is 6. The van der Waals surface area contributed by atoms with Crippen molar-refractivity contribution in [1.82, 2.24) is 19.9 Å². The molecule has 3 heterocycles. The van der Waals surface area contributed by atoms with Gasteiger partial charge in [-0.25, -0.2) is 0 Å². The lowest BCUT2D eigenvalue weighted by molar-refractivity contribution is -0.138. The van der Waals surface area contributed by atoms with Gasteiger partial charge in [0.1, 0.15) is 0 Å². The molecule has 156 valence electrons. The highest BCUT2D eigenvalue weighted by molar-refractivity contribution is 5.79. The van der Waals surface area contributed by atoms with Crippen LogP contribution in [-0.2, 0) is 27.2 Å². The molecule has 2 amide bonds. The summed E-state index contributed by atoms with van der Waals surface area (Å²) < 4.78 is 10.6. The van der Waals surface area contributed by atoms with Crippen molar-refractivity contribution >= 4 is 11.8 Å². The molecule has 3 rings (SSSR count). The number of amides is 2. The zero-order chi connectivity index (χ0) is 20.1. The fourth-order valence-electron chi connectivity index (χ4n) is 4.04. The van der Waals surface area contributed by atoms with Gasteiger partial charge < -0.3 is 19.1 Å². The van der Waals surface area contributed by atoms with E-state index in [9.17, 15) is 9.59 Å². The van der Waals surface area contributed by atoms with E-state index in [2.05, 4.69) is 24.0 Å². The second-order valence-electron chi connectivity index (χ2n) is 8.28. The largest absolute Gasteiger partial charge is 0.381 e. The molecule has 2 aliphatic heterocycles. The van der Waals surface area contributed by atoms with Crippen LogP contribution in [0.4, 0.5) is 0 Å². The third-order valence-corrected chi connectivity index (χ3v) is 5.56. The van der Waals surface area contributed by atoms with Gasteiger partial charge in [-0.3, -0.25) is 9.59 Å². The second-order valence-corrected chi connectivity index (χ2v) is 8.28. The minimum atomic E-state index is 0.0243. The number of ether oxygens (including phenoxy) is 1. The monoisotopic (exact) mass is 392 g/mol. The summed E-state index contributed by atoms with van der Waals surface area (Å²) in [7, 11) is 0. The fourth-order valence-corrected chi connectivity index (χ4v) is 4.04. The predicted molar refractivity (Wildman–Crippen MR) is 102 cm³/mol. The van der Waals surface area contributed by atoms with E-state index in [4.69, 9.17) is 9.26 Å². The third-order valence-electron chi connectivity index (χ3n) is 5.56. The molecule has 2 aliphatic rings. The fraction of sp³-hybridized carbons (Fsp3) is 0.800. The number of aromatic nitrogens is 2. The van der Waals surface area contributed by atoms with E-state index in [1.54, 1.807) is 6.92 Å². The normalized spacial score (nSPS) is 20.7. The van der Waals surface area contributed by atoms with Crippen LogP contribution in [0.5, 0.6) is 0 Å². The summed E-state index contributed by atoms with van der Waals surface area (Å²) in [5, 5.41) is 4.03. The maximum Gasteiger partial charge on any atom is 0.226 e. The molecule has 0 bridgehead atoms. The Bertz CT molecular complexity index is 669. The summed E-state index contributed by atoms with van der Waals surface area (Å²) in [6.45, 7) is 8.99. The van der Waals surface area contributed by atoms with Crippen molar-refractivity contribution in [3.05, 3.63) is 11.7 Å². The van der Waals surface area contributed by atoms with Gasteiger partial charge in [0.2, 0.25) is 17.7 Å². The van der Waals surface area contributed by atoms with Gasteiger partial charge in [-0.05, 0) is 25.2 Å². The first-order chi connectivity index (χ1) is 13.4. The smallest absolute Gasteiger partial charge is 0.226 e. The van der Waals surface area contributed by atoms with Gasteiger partial charge in [-0.15, -0.1) is 0 Å². The molecule has 0 saturated carbocycles. The molecule has 0 N–H and O–H groups in total. The van der Waals surface area contributed by atoms with Crippen molar-refractivity contribution in [3.63, 3.8) is 0 Å². The molecule has 0 aromatic carbocycles. The van der Waals surface area contributed by atoms with Gasteiger partial charge in [0.15, 0.2) is 5.82 Å². The molecule has 2 saturated heterocycles. The first-order valence-corrected chi connectivity index (χ1v) is 10.4. The van der Waals surface area contributed by atoms with E-state index in [0.717, 1.165) is 25.7 Å². The van der Waals surface area contributed by atoms with Crippen LogP contribution in [-0.4, -0.2) is 70.6 Å². The lowest BCUT2D eigenvalue weighted by Crippen LogP contribution is -2.44. The zero-order valence-electron chi connectivity index (χ0n) is 17.2. The van der Waals surface area contributed by atoms with E-state index in [1.165, 1.54) is 0 Å². The number of rotatable bonds is 7. The quantitative estimate of drug-likeness (QED) is 0.702. The summed E-state index contributed by atoms with van der Waals surface area (Å²) in [5.41, 5.74) is 0. The highest BCUT2D eigenvalue weighted by Gasteiger charge is 2.35. The van der Waals surface area contributed by atoms with Crippen LogP contribution in [0.3, 0.4) is 0 Å². The molecule has 28 heavy (non-hydrogen) atoms. The number of likely N-dealkylation sites (tertiary alicyclic amines) is 1. The van der Waals surface area contributed by atoms with Crippen LogP contribution in [0.15, 0.2) is 4.52 Å². The molecule has 8 nitrogen and oxygen atoms in total. The second kappa shape index (κ2) is 9.49. The molecular formula is C20H32N4O4. The number of nitrogens with zero attached hydrogens (tertiary/aromatic N) is 4. The summed E-state index contributed by atoms with van der Waals surface area (Å²) in [4.78, 5) is 33.2. The molecule has 1 atom stereocenters. The topological polar surface area (TPSA) is 88.8 Å². The Kier molecular flexibility index (Phi) is 7.04. The standard InChI is InChI=1S/C20H32N4O4/c1-14(2)12-19-21-18(22-28-19)5-9-24(15(3)25)17-4-8-23(13-17)20(26)16-6-10-27-11-7-16/h14,16-17H,4-13H2,1-3H3. The Morgan fingerprint density at radius 2 is 2.00 bits per heavy atom. The molecule has 2 fully saturated rings. The van der Waals surface area contributed by atoms with Crippen LogP contribution in [0.25, 0.3) is 0 Å². The maximum atomic E-state index is 12.7. The van der Waals surface area contributed by atoms with E-state index in [0.29, 0.717) is 56.9 Å². The number of carbonyl (C=O) groups excluding carboxylic acids is 2. The molecule has 0 spiro atoms. The molecular weight excluding hydrogens is 360 g/mol. The minimum Gasteiger partial charge on any atom is -0.381 e. The van der Waals surface area contributed by atoms with Crippen molar-refractivity contribution in [3.8, 4) is 0 Å². The van der Waals surface area contributed by atoms with Crippen LogP contribution >= 0.6 is 0 Å². The third kappa shape index (κ3) is 5.31. The number of carbonyl (C=O) groups is 2. The van der Waals surface area contributed by atoms with E-state index in [1.807, 2.05) is 9.80 Å². The lowest BCUT2D eigenvalue weighted by atomic mass is 9.99. The Labute approximate surface area is 166 Å². The Morgan fingerprint density at radius 1 is 1.25 bits per heavy atom. The van der Waals surface area contributed by atoms with Crippen LogP contribution in [0.2, 0.25) is 0 Å². The molecule has 1 aromatic heterocycles. The predicted octanol–water partition coefficient (Wildman–Crippen LogP) is 1.69. The van der Waals surface area contributed by atoms with E-state index < -0.39 is 0 Å². The molecule has 1 unspecified atom stereocenters. The maximum absolute atomic E-state index is 12.7. The van der Waals surface area contributed by atoms with Crippen molar-refractivity contribution in [1.29, 1.82) is 0 Å². The van der Waals surface area contributed by atoms with E-state index >= 15 is 0 Å². The highest BCUT2D eigenvalue weighted by atomic mass is 16.5. The Balaban J connectivity index is 1.53. The van der Waals surface area contributed by atoms with Crippen LogP contribution in [0, 0.1) is 11.8 Å². The average Bonchev–Trinajstić information content (AvgIpc) is 3.31. The van der Waals surface area contributed by atoms with Crippen molar-refractivity contribution in [2.24, 2.45) is 11.8 Å². The summed E-state index contributed by atoms with van der Waals surface area (Å²) in [5.74, 6) is 2.04.